The molecule has 3 rings (SSSR count). The van der Waals surface area contributed by atoms with Crippen LogP contribution in [0, 0.1) is 11.3 Å². The van der Waals surface area contributed by atoms with Crippen LogP contribution in [0.4, 0.5) is 11.4 Å². The molecule has 26 heavy (non-hydrogen) atoms. The van der Waals surface area contributed by atoms with Gasteiger partial charge in [0.25, 0.3) is 0 Å². The Kier molecular flexibility index (Phi) is 5.48. The molecule has 5 nitrogen and oxygen atoms in total. The molecule has 1 amide bonds. The number of benzene rings is 3. The van der Waals surface area contributed by atoms with Gasteiger partial charge in [-0.15, -0.1) is 0 Å². The number of ether oxygens (including phenoxy) is 1. The van der Waals surface area contributed by atoms with Gasteiger partial charge >= 0.3 is 0 Å². The lowest BCUT2D eigenvalue weighted by Gasteiger charge is -2.10. The lowest BCUT2D eigenvalue weighted by Crippen LogP contribution is -2.22. The lowest BCUT2D eigenvalue weighted by atomic mass is 10.2. The summed E-state index contributed by atoms with van der Waals surface area (Å²) in [6.45, 7) is 0.0959. The maximum atomic E-state index is 12.1. The van der Waals surface area contributed by atoms with Crippen molar-refractivity contribution in [2.75, 3.05) is 17.2 Å². The number of hydrogen-bond donors (Lipinski definition) is 2. The minimum Gasteiger partial charge on any atom is -0.457 e. The van der Waals surface area contributed by atoms with Crippen LogP contribution in [-0.2, 0) is 4.79 Å². The number of amides is 1. The molecule has 3 aromatic carbocycles. The van der Waals surface area contributed by atoms with E-state index in [1.165, 1.54) is 0 Å². The Morgan fingerprint density at radius 3 is 2.27 bits per heavy atom. The zero-order valence-electron chi connectivity index (χ0n) is 14.0. The number of carbonyl (C=O) groups excluding carboxylic acids is 1. The van der Waals surface area contributed by atoms with E-state index in [-0.39, 0.29) is 12.5 Å². The second-order valence-corrected chi connectivity index (χ2v) is 5.50. The van der Waals surface area contributed by atoms with Gasteiger partial charge in [-0.3, -0.25) is 4.79 Å². The van der Waals surface area contributed by atoms with E-state index in [0.29, 0.717) is 17.0 Å². The fourth-order valence-corrected chi connectivity index (χ4v) is 2.33. The van der Waals surface area contributed by atoms with Gasteiger partial charge in [0.05, 0.1) is 17.8 Å². The number of nitriles is 1. The third-order valence-electron chi connectivity index (χ3n) is 3.61. The largest absolute Gasteiger partial charge is 0.457 e. The molecule has 128 valence electrons. The zero-order chi connectivity index (χ0) is 18.2. The summed E-state index contributed by atoms with van der Waals surface area (Å²) in [6.07, 6.45) is 0. The van der Waals surface area contributed by atoms with E-state index in [9.17, 15) is 4.79 Å². The topological polar surface area (TPSA) is 74.2 Å². The fourth-order valence-electron chi connectivity index (χ4n) is 2.33. The average molecular weight is 343 g/mol. The Labute approximate surface area is 151 Å². The van der Waals surface area contributed by atoms with Crippen molar-refractivity contribution in [3.05, 3.63) is 84.4 Å². The third-order valence-corrected chi connectivity index (χ3v) is 3.61. The second-order valence-electron chi connectivity index (χ2n) is 5.50. The van der Waals surface area contributed by atoms with E-state index >= 15 is 0 Å². The molecule has 0 saturated carbocycles. The predicted molar refractivity (Wildman–Crippen MR) is 101 cm³/mol. The van der Waals surface area contributed by atoms with Crippen LogP contribution in [0.25, 0.3) is 0 Å². The highest BCUT2D eigenvalue weighted by molar-refractivity contribution is 5.94. The van der Waals surface area contributed by atoms with E-state index in [1.54, 1.807) is 24.3 Å². The third kappa shape index (κ3) is 4.62. The molecule has 3 aromatic rings. The Morgan fingerprint density at radius 2 is 1.54 bits per heavy atom. The molecule has 0 aliphatic rings. The molecule has 2 N–H and O–H groups in total. The van der Waals surface area contributed by atoms with Gasteiger partial charge in [-0.25, -0.2) is 0 Å². The van der Waals surface area contributed by atoms with Crippen molar-refractivity contribution in [3.8, 4) is 17.6 Å². The molecular weight excluding hydrogens is 326 g/mol. The minimum atomic E-state index is -0.225. The SMILES string of the molecule is N#Cc1ccccc1NC(=O)CNc1ccc(Oc2ccccc2)cc1. The van der Waals surface area contributed by atoms with E-state index < -0.39 is 0 Å². The second kappa shape index (κ2) is 8.36. The molecule has 0 aromatic heterocycles. The van der Waals surface area contributed by atoms with E-state index in [1.807, 2.05) is 54.6 Å². The van der Waals surface area contributed by atoms with Gasteiger partial charge in [-0.2, -0.15) is 5.26 Å². The number of carbonyl (C=O) groups is 1. The summed E-state index contributed by atoms with van der Waals surface area (Å²) in [4.78, 5) is 12.1. The Balaban J connectivity index is 1.53. The summed E-state index contributed by atoms with van der Waals surface area (Å²) in [5.41, 5.74) is 1.74. The number of rotatable bonds is 6. The molecule has 0 unspecified atom stereocenters. The van der Waals surface area contributed by atoms with Crippen LogP contribution in [0.1, 0.15) is 5.56 Å². The molecular formula is C21H17N3O2. The normalized spacial score (nSPS) is 9.81. The summed E-state index contributed by atoms with van der Waals surface area (Å²) in [6, 6.07) is 25.8. The number of hydrogen-bond acceptors (Lipinski definition) is 4. The minimum absolute atomic E-state index is 0.0959. The maximum absolute atomic E-state index is 12.1. The van der Waals surface area contributed by atoms with Gasteiger partial charge in [0.1, 0.15) is 17.6 Å². The summed E-state index contributed by atoms with van der Waals surface area (Å²) in [5, 5.41) is 14.8. The van der Waals surface area contributed by atoms with Crippen molar-refractivity contribution >= 4 is 17.3 Å². The highest BCUT2D eigenvalue weighted by Gasteiger charge is 2.06. The molecule has 0 spiro atoms. The fraction of sp³-hybridized carbons (Fsp3) is 0.0476. The Morgan fingerprint density at radius 1 is 0.885 bits per heavy atom. The van der Waals surface area contributed by atoms with E-state index in [4.69, 9.17) is 10.00 Å². The molecule has 0 radical (unpaired) electrons. The van der Waals surface area contributed by atoms with Crippen LogP contribution in [0.2, 0.25) is 0 Å². The van der Waals surface area contributed by atoms with Gasteiger partial charge in [0.15, 0.2) is 0 Å². The molecule has 0 atom stereocenters. The zero-order valence-corrected chi connectivity index (χ0v) is 14.0. The highest BCUT2D eigenvalue weighted by atomic mass is 16.5. The smallest absolute Gasteiger partial charge is 0.243 e. The van der Waals surface area contributed by atoms with Gasteiger partial charge in [-0.1, -0.05) is 30.3 Å². The number of nitrogens with zero attached hydrogens (tertiary/aromatic N) is 1. The summed E-state index contributed by atoms with van der Waals surface area (Å²) < 4.78 is 5.73. The summed E-state index contributed by atoms with van der Waals surface area (Å²) >= 11 is 0. The quantitative estimate of drug-likeness (QED) is 0.695. The first-order valence-electron chi connectivity index (χ1n) is 8.10. The summed E-state index contributed by atoms with van der Waals surface area (Å²) in [7, 11) is 0. The average Bonchev–Trinajstić information content (AvgIpc) is 2.69. The number of nitrogens with one attached hydrogen (secondary N) is 2. The van der Waals surface area contributed by atoms with Crippen molar-refractivity contribution < 1.29 is 9.53 Å². The van der Waals surface area contributed by atoms with Gasteiger partial charge in [-0.05, 0) is 48.5 Å². The molecule has 0 heterocycles. The van der Waals surface area contributed by atoms with Crippen molar-refractivity contribution in [1.29, 1.82) is 5.26 Å². The molecule has 5 heteroatoms. The first kappa shape index (κ1) is 17.1. The van der Waals surface area contributed by atoms with Crippen LogP contribution >= 0.6 is 0 Å². The van der Waals surface area contributed by atoms with Crippen molar-refractivity contribution in [2.45, 2.75) is 0 Å². The Hall–Kier alpha value is -3.78. The van der Waals surface area contributed by atoms with Crippen molar-refractivity contribution in [1.82, 2.24) is 0 Å². The highest BCUT2D eigenvalue weighted by Crippen LogP contribution is 2.22. The van der Waals surface area contributed by atoms with Crippen LogP contribution in [0.15, 0.2) is 78.9 Å². The molecule has 0 saturated heterocycles. The van der Waals surface area contributed by atoms with Crippen LogP contribution < -0.4 is 15.4 Å². The van der Waals surface area contributed by atoms with E-state index in [2.05, 4.69) is 16.7 Å². The molecule has 0 aliphatic carbocycles. The van der Waals surface area contributed by atoms with Crippen molar-refractivity contribution in [2.24, 2.45) is 0 Å². The monoisotopic (exact) mass is 343 g/mol. The van der Waals surface area contributed by atoms with Crippen LogP contribution in [0.5, 0.6) is 11.5 Å². The first-order valence-corrected chi connectivity index (χ1v) is 8.10. The maximum Gasteiger partial charge on any atom is 0.243 e. The molecule has 0 aliphatic heterocycles. The lowest BCUT2D eigenvalue weighted by molar-refractivity contribution is -0.114. The standard InChI is InChI=1S/C21H17N3O2/c22-14-16-6-4-5-9-20(16)24-21(25)15-23-17-10-12-19(13-11-17)26-18-7-2-1-3-8-18/h1-13,23H,15H2,(H,24,25). The van der Waals surface area contributed by atoms with Gasteiger partial charge in [0, 0.05) is 5.69 Å². The Bertz CT molecular complexity index is 916. The van der Waals surface area contributed by atoms with Crippen molar-refractivity contribution in [3.63, 3.8) is 0 Å². The van der Waals surface area contributed by atoms with Crippen LogP contribution in [-0.4, -0.2) is 12.5 Å². The predicted octanol–water partition coefficient (Wildman–Crippen LogP) is 4.40. The molecule has 0 fully saturated rings. The summed E-state index contributed by atoms with van der Waals surface area (Å²) in [5.74, 6) is 1.26. The van der Waals surface area contributed by atoms with Gasteiger partial charge < -0.3 is 15.4 Å². The van der Waals surface area contributed by atoms with Crippen LogP contribution in [0.3, 0.4) is 0 Å². The number of anilines is 2. The number of para-hydroxylation sites is 2. The van der Waals surface area contributed by atoms with Gasteiger partial charge in [0.2, 0.25) is 5.91 Å². The molecule has 0 bridgehead atoms. The first-order chi connectivity index (χ1) is 12.7. The van der Waals surface area contributed by atoms with E-state index in [0.717, 1.165) is 11.4 Å².